The van der Waals surface area contributed by atoms with Gasteiger partial charge in [0.05, 0.1) is 6.17 Å². The van der Waals surface area contributed by atoms with Gasteiger partial charge in [0.2, 0.25) is 0 Å². The Morgan fingerprint density at radius 1 is 1.19 bits per heavy atom. The number of unbranched alkanes of at least 4 members (excludes halogenated alkanes) is 5. The zero-order valence-electron chi connectivity index (χ0n) is 10.6. The first-order valence-electron chi connectivity index (χ1n) is 6.83. The van der Waals surface area contributed by atoms with Crippen LogP contribution in [0.15, 0.2) is 17.1 Å². The van der Waals surface area contributed by atoms with Crippen molar-refractivity contribution in [2.75, 3.05) is 6.54 Å². The topological polar surface area (TPSA) is 24.4 Å². The summed E-state index contributed by atoms with van der Waals surface area (Å²) < 4.78 is 0. The van der Waals surface area contributed by atoms with Crippen LogP contribution in [0.1, 0.15) is 58.3 Å². The van der Waals surface area contributed by atoms with Gasteiger partial charge in [-0.2, -0.15) is 0 Å². The van der Waals surface area contributed by atoms with Crippen molar-refractivity contribution in [3.05, 3.63) is 12.2 Å². The summed E-state index contributed by atoms with van der Waals surface area (Å²) in [4.78, 5) is 4.36. The van der Waals surface area contributed by atoms with Crippen molar-refractivity contribution in [2.24, 2.45) is 4.99 Å². The van der Waals surface area contributed by atoms with Crippen LogP contribution in [-0.2, 0) is 0 Å². The van der Waals surface area contributed by atoms with E-state index in [2.05, 4.69) is 29.4 Å². The van der Waals surface area contributed by atoms with E-state index in [1.807, 2.05) is 6.21 Å². The SMILES string of the molecule is CCC/C=C/CCCCCCC1N=CCN1. The van der Waals surface area contributed by atoms with Gasteiger partial charge in [0.25, 0.3) is 0 Å². The Morgan fingerprint density at radius 3 is 2.75 bits per heavy atom. The third kappa shape index (κ3) is 6.78. The minimum atomic E-state index is 0.421. The van der Waals surface area contributed by atoms with Gasteiger partial charge in [-0.15, -0.1) is 0 Å². The van der Waals surface area contributed by atoms with E-state index in [1.165, 1.54) is 51.4 Å². The summed E-state index contributed by atoms with van der Waals surface area (Å²) in [5.74, 6) is 0. The third-order valence-electron chi connectivity index (χ3n) is 2.95. The molecule has 1 aliphatic rings. The highest BCUT2D eigenvalue weighted by molar-refractivity contribution is 5.61. The van der Waals surface area contributed by atoms with Crippen LogP contribution in [-0.4, -0.2) is 18.9 Å². The van der Waals surface area contributed by atoms with Gasteiger partial charge in [-0.1, -0.05) is 38.3 Å². The lowest BCUT2D eigenvalue weighted by molar-refractivity contribution is 0.510. The van der Waals surface area contributed by atoms with Crippen molar-refractivity contribution in [2.45, 2.75) is 64.5 Å². The number of aliphatic imine (C=N–C) groups is 1. The Balaban J connectivity index is 1.79. The zero-order chi connectivity index (χ0) is 11.5. The fourth-order valence-electron chi connectivity index (χ4n) is 1.95. The van der Waals surface area contributed by atoms with Crippen LogP contribution >= 0.6 is 0 Å². The summed E-state index contributed by atoms with van der Waals surface area (Å²) in [6.45, 7) is 3.19. The molecule has 1 atom stereocenters. The van der Waals surface area contributed by atoms with Crippen LogP contribution in [0.3, 0.4) is 0 Å². The maximum Gasteiger partial charge on any atom is 0.0993 e. The van der Waals surface area contributed by atoms with Crippen molar-refractivity contribution in [1.29, 1.82) is 0 Å². The molecule has 1 N–H and O–H groups in total. The van der Waals surface area contributed by atoms with E-state index in [0.717, 1.165) is 6.54 Å². The largest absolute Gasteiger partial charge is 0.291 e. The summed E-state index contributed by atoms with van der Waals surface area (Å²) in [7, 11) is 0. The van der Waals surface area contributed by atoms with Crippen molar-refractivity contribution in [3.8, 4) is 0 Å². The summed E-state index contributed by atoms with van der Waals surface area (Å²) in [5, 5.41) is 3.35. The van der Waals surface area contributed by atoms with E-state index in [4.69, 9.17) is 0 Å². The molecule has 0 aliphatic carbocycles. The fourth-order valence-corrected chi connectivity index (χ4v) is 1.95. The predicted octanol–water partition coefficient (Wildman–Crippen LogP) is 3.68. The summed E-state index contributed by atoms with van der Waals surface area (Å²) in [6, 6.07) is 0. The predicted molar refractivity (Wildman–Crippen MR) is 72.0 cm³/mol. The van der Waals surface area contributed by atoms with E-state index in [0.29, 0.717) is 6.17 Å². The monoisotopic (exact) mass is 222 g/mol. The molecular formula is C14H26N2. The number of allylic oxidation sites excluding steroid dienone is 2. The molecule has 0 fully saturated rings. The lowest BCUT2D eigenvalue weighted by atomic mass is 10.1. The van der Waals surface area contributed by atoms with Crippen LogP contribution in [0, 0.1) is 0 Å². The van der Waals surface area contributed by atoms with Crippen molar-refractivity contribution in [3.63, 3.8) is 0 Å². The molecule has 92 valence electrons. The lowest BCUT2D eigenvalue weighted by Gasteiger charge is -2.06. The van der Waals surface area contributed by atoms with Gasteiger partial charge in [0.1, 0.15) is 0 Å². The molecule has 1 unspecified atom stereocenters. The number of nitrogens with zero attached hydrogens (tertiary/aromatic N) is 1. The highest BCUT2D eigenvalue weighted by Gasteiger charge is 2.07. The van der Waals surface area contributed by atoms with Gasteiger partial charge < -0.3 is 0 Å². The Hall–Kier alpha value is -0.630. The molecule has 0 aromatic carbocycles. The molecule has 1 aliphatic heterocycles. The number of rotatable bonds is 9. The number of hydrogen-bond donors (Lipinski definition) is 1. The minimum Gasteiger partial charge on any atom is -0.291 e. The average molecular weight is 222 g/mol. The van der Waals surface area contributed by atoms with Gasteiger partial charge in [0, 0.05) is 12.8 Å². The molecule has 2 nitrogen and oxygen atoms in total. The van der Waals surface area contributed by atoms with Crippen LogP contribution in [0.5, 0.6) is 0 Å². The van der Waals surface area contributed by atoms with Gasteiger partial charge in [-0.3, -0.25) is 10.3 Å². The Kier molecular flexibility index (Phi) is 8.05. The van der Waals surface area contributed by atoms with Crippen LogP contribution in [0.25, 0.3) is 0 Å². The summed E-state index contributed by atoms with van der Waals surface area (Å²) in [6.07, 6.45) is 17.4. The van der Waals surface area contributed by atoms with Gasteiger partial charge in [-0.05, 0) is 32.1 Å². The second-order valence-corrected chi connectivity index (χ2v) is 4.51. The summed E-state index contributed by atoms with van der Waals surface area (Å²) >= 11 is 0. The second-order valence-electron chi connectivity index (χ2n) is 4.51. The normalized spacial score (nSPS) is 19.9. The standard InChI is InChI=1S/C14H26N2/c1-2-3-4-5-6-7-8-9-10-11-14-15-12-13-16-14/h4-5,12,14,16H,2-3,6-11,13H2,1H3/b5-4+. The molecule has 0 spiro atoms. The Labute approximate surface area is 100 Å². The average Bonchev–Trinajstić information content (AvgIpc) is 2.80. The van der Waals surface area contributed by atoms with E-state index < -0.39 is 0 Å². The van der Waals surface area contributed by atoms with E-state index in [9.17, 15) is 0 Å². The molecule has 0 radical (unpaired) electrons. The Bertz CT molecular complexity index is 209. The molecule has 0 saturated heterocycles. The minimum absolute atomic E-state index is 0.421. The van der Waals surface area contributed by atoms with Crippen LogP contribution in [0.4, 0.5) is 0 Å². The zero-order valence-corrected chi connectivity index (χ0v) is 10.6. The maximum atomic E-state index is 4.36. The first-order chi connectivity index (χ1) is 7.93. The molecule has 1 heterocycles. The molecule has 0 amide bonds. The highest BCUT2D eigenvalue weighted by Crippen LogP contribution is 2.09. The molecule has 0 aromatic rings. The number of nitrogens with one attached hydrogen (secondary N) is 1. The molecule has 0 aromatic heterocycles. The van der Waals surface area contributed by atoms with Crippen molar-refractivity contribution < 1.29 is 0 Å². The van der Waals surface area contributed by atoms with Crippen LogP contribution < -0.4 is 5.32 Å². The number of hydrogen-bond acceptors (Lipinski definition) is 2. The molecule has 2 heteroatoms. The summed E-state index contributed by atoms with van der Waals surface area (Å²) in [5.41, 5.74) is 0. The Morgan fingerprint density at radius 2 is 2.00 bits per heavy atom. The van der Waals surface area contributed by atoms with Crippen molar-refractivity contribution in [1.82, 2.24) is 5.32 Å². The molecule has 1 rings (SSSR count). The lowest BCUT2D eigenvalue weighted by Crippen LogP contribution is -2.21. The van der Waals surface area contributed by atoms with Gasteiger partial charge in [0.15, 0.2) is 0 Å². The molecule has 0 saturated carbocycles. The van der Waals surface area contributed by atoms with Crippen molar-refractivity contribution >= 4 is 6.21 Å². The molecular weight excluding hydrogens is 196 g/mol. The van der Waals surface area contributed by atoms with Gasteiger partial charge in [-0.25, -0.2) is 0 Å². The first kappa shape index (κ1) is 13.4. The maximum absolute atomic E-state index is 4.36. The van der Waals surface area contributed by atoms with E-state index >= 15 is 0 Å². The molecule has 16 heavy (non-hydrogen) atoms. The first-order valence-corrected chi connectivity index (χ1v) is 6.83. The second kappa shape index (κ2) is 9.59. The van der Waals surface area contributed by atoms with Crippen LogP contribution in [0.2, 0.25) is 0 Å². The highest BCUT2D eigenvalue weighted by atomic mass is 15.1. The smallest absolute Gasteiger partial charge is 0.0993 e. The quantitative estimate of drug-likeness (QED) is 0.467. The van der Waals surface area contributed by atoms with Gasteiger partial charge >= 0.3 is 0 Å². The van der Waals surface area contributed by atoms with E-state index in [-0.39, 0.29) is 0 Å². The van der Waals surface area contributed by atoms with E-state index in [1.54, 1.807) is 0 Å². The third-order valence-corrected chi connectivity index (χ3v) is 2.95. The fraction of sp³-hybridized carbons (Fsp3) is 0.786. The molecule has 0 bridgehead atoms.